The molecule has 0 spiro atoms. The largest absolute Gasteiger partial charge is 0.493 e. The molecule has 0 aliphatic carbocycles. The number of pyridine rings is 1. The van der Waals surface area contributed by atoms with E-state index in [0.717, 1.165) is 16.6 Å². The number of nitrogens with zero attached hydrogens (tertiary/aromatic N) is 2. The van der Waals surface area contributed by atoms with E-state index in [9.17, 15) is 4.79 Å². The zero-order valence-electron chi connectivity index (χ0n) is 16.3. The quantitative estimate of drug-likeness (QED) is 0.443. The number of anilines is 1. The van der Waals surface area contributed by atoms with E-state index < -0.39 is 0 Å². The number of rotatable bonds is 6. The minimum Gasteiger partial charge on any atom is -0.493 e. The average Bonchev–Trinajstić information content (AvgIpc) is 2.78. The van der Waals surface area contributed by atoms with Crippen molar-refractivity contribution in [3.05, 3.63) is 102 Å². The Bertz CT molecular complexity index is 1130. The van der Waals surface area contributed by atoms with Gasteiger partial charge in [0.1, 0.15) is 5.75 Å². The van der Waals surface area contributed by atoms with Crippen LogP contribution in [0, 0.1) is 0 Å². The van der Waals surface area contributed by atoms with Crippen molar-refractivity contribution in [2.75, 3.05) is 11.5 Å². The van der Waals surface area contributed by atoms with Crippen LogP contribution in [-0.2, 0) is 6.54 Å². The molecule has 1 aromatic heterocycles. The van der Waals surface area contributed by atoms with E-state index in [1.54, 1.807) is 23.4 Å². The number of hydrogen-bond donors (Lipinski definition) is 0. The van der Waals surface area contributed by atoms with E-state index in [4.69, 9.17) is 4.74 Å². The molecule has 29 heavy (non-hydrogen) atoms. The Morgan fingerprint density at radius 1 is 0.931 bits per heavy atom. The van der Waals surface area contributed by atoms with Crippen molar-refractivity contribution < 1.29 is 9.53 Å². The van der Waals surface area contributed by atoms with Crippen LogP contribution < -0.4 is 9.64 Å². The van der Waals surface area contributed by atoms with E-state index in [-0.39, 0.29) is 5.91 Å². The van der Waals surface area contributed by atoms with Crippen molar-refractivity contribution in [2.45, 2.75) is 13.5 Å². The van der Waals surface area contributed by atoms with Gasteiger partial charge in [0.25, 0.3) is 5.91 Å². The number of carbonyl (C=O) groups is 1. The second-order valence-electron chi connectivity index (χ2n) is 6.71. The molecule has 3 aromatic carbocycles. The molecule has 4 heteroatoms. The fourth-order valence-electron chi connectivity index (χ4n) is 3.38. The minimum atomic E-state index is -0.116. The Morgan fingerprint density at radius 3 is 2.52 bits per heavy atom. The van der Waals surface area contributed by atoms with Crippen LogP contribution in [0.5, 0.6) is 5.75 Å². The summed E-state index contributed by atoms with van der Waals surface area (Å²) < 4.78 is 5.69. The van der Waals surface area contributed by atoms with Gasteiger partial charge >= 0.3 is 0 Å². The second kappa shape index (κ2) is 8.57. The lowest BCUT2D eigenvalue weighted by Gasteiger charge is -2.24. The first-order chi connectivity index (χ1) is 14.3. The van der Waals surface area contributed by atoms with Crippen LogP contribution >= 0.6 is 0 Å². The van der Waals surface area contributed by atoms with E-state index in [0.29, 0.717) is 24.5 Å². The monoisotopic (exact) mass is 382 g/mol. The maximum Gasteiger partial charge on any atom is 0.262 e. The van der Waals surface area contributed by atoms with Gasteiger partial charge in [-0.2, -0.15) is 0 Å². The number of aromatic nitrogens is 1. The van der Waals surface area contributed by atoms with E-state index >= 15 is 0 Å². The zero-order valence-corrected chi connectivity index (χ0v) is 16.3. The van der Waals surface area contributed by atoms with E-state index in [1.165, 1.54) is 5.39 Å². The molecule has 4 nitrogen and oxygen atoms in total. The van der Waals surface area contributed by atoms with Gasteiger partial charge in [-0.25, -0.2) is 0 Å². The molecule has 0 radical (unpaired) electrons. The first-order valence-electron chi connectivity index (χ1n) is 9.67. The Kier molecular flexibility index (Phi) is 5.52. The summed E-state index contributed by atoms with van der Waals surface area (Å²) in [5, 5.41) is 2.33. The Hall–Kier alpha value is -3.66. The highest BCUT2D eigenvalue weighted by Crippen LogP contribution is 2.26. The molecular weight excluding hydrogens is 360 g/mol. The van der Waals surface area contributed by atoms with Gasteiger partial charge in [0.2, 0.25) is 0 Å². The fraction of sp³-hybridized carbons (Fsp3) is 0.120. The predicted octanol–water partition coefficient (Wildman–Crippen LogP) is 5.48. The van der Waals surface area contributed by atoms with Crippen LogP contribution in [0.15, 0.2) is 91.3 Å². The molecule has 0 unspecified atom stereocenters. The van der Waals surface area contributed by atoms with Crippen molar-refractivity contribution in [1.82, 2.24) is 4.98 Å². The number of amides is 1. The third kappa shape index (κ3) is 4.11. The van der Waals surface area contributed by atoms with Gasteiger partial charge in [-0.1, -0.05) is 48.5 Å². The van der Waals surface area contributed by atoms with Gasteiger partial charge in [0, 0.05) is 6.20 Å². The van der Waals surface area contributed by atoms with Crippen LogP contribution in [0.25, 0.3) is 10.8 Å². The maximum absolute atomic E-state index is 13.5. The molecule has 0 atom stereocenters. The van der Waals surface area contributed by atoms with Gasteiger partial charge in [0.15, 0.2) is 0 Å². The van der Waals surface area contributed by atoms with Gasteiger partial charge in [0.05, 0.1) is 30.6 Å². The molecule has 0 aliphatic rings. The molecule has 0 bridgehead atoms. The third-order valence-electron chi connectivity index (χ3n) is 4.77. The summed E-state index contributed by atoms with van der Waals surface area (Å²) in [6.45, 7) is 2.85. The lowest BCUT2D eigenvalue weighted by Crippen LogP contribution is -2.31. The van der Waals surface area contributed by atoms with Crippen molar-refractivity contribution in [3.63, 3.8) is 0 Å². The molecule has 1 amide bonds. The summed E-state index contributed by atoms with van der Waals surface area (Å²) in [5.41, 5.74) is 2.34. The maximum atomic E-state index is 13.5. The fourth-order valence-corrected chi connectivity index (χ4v) is 3.38. The number of hydrogen-bond acceptors (Lipinski definition) is 3. The first-order valence-corrected chi connectivity index (χ1v) is 9.67. The smallest absolute Gasteiger partial charge is 0.262 e. The summed E-state index contributed by atoms with van der Waals surface area (Å²) in [7, 11) is 0. The van der Waals surface area contributed by atoms with Crippen molar-refractivity contribution in [2.24, 2.45) is 0 Å². The van der Waals surface area contributed by atoms with Crippen molar-refractivity contribution in [1.29, 1.82) is 0 Å². The molecule has 0 saturated carbocycles. The number of fused-ring (bicyclic) bond motifs is 1. The predicted molar refractivity (Wildman–Crippen MR) is 116 cm³/mol. The van der Waals surface area contributed by atoms with Gasteiger partial charge in [-0.15, -0.1) is 0 Å². The van der Waals surface area contributed by atoms with Crippen LogP contribution in [0.4, 0.5) is 5.69 Å². The highest BCUT2D eigenvalue weighted by Gasteiger charge is 2.21. The highest BCUT2D eigenvalue weighted by atomic mass is 16.5. The standard InChI is InChI=1S/C25H22N2O2/c1-2-29-24-12-6-5-11-23(24)25(28)27(22-10-7-15-26-17-22)18-19-13-14-20-8-3-4-9-21(20)16-19/h3-17H,2,18H2,1H3. The number of para-hydroxylation sites is 1. The summed E-state index contributed by atoms with van der Waals surface area (Å²) in [5.74, 6) is 0.475. The van der Waals surface area contributed by atoms with Crippen LogP contribution in [0.3, 0.4) is 0 Å². The normalized spacial score (nSPS) is 10.7. The molecule has 144 valence electrons. The van der Waals surface area contributed by atoms with Crippen LogP contribution in [0.1, 0.15) is 22.8 Å². The minimum absolute atomic E-state index is 0.116. The third-order valence-corrected chi connectivity index (χ3v) is 4.77. The lowest BCUT2D eigenvalue weighted by atomic mass is 10.1. The zero-order chi connectivity index (χ0) is 20.1. The molecular formula is C25H22N2O2. The first kappa shape index (κ1) is 18.7. The Labute approximate surface area is 170 Å². The van der Waals surface area contributed by atoms with Gasteiger partial charge in [-0.3, -0.25) is 9.78 Å². The average molecular weight is 382 g/mol. The van der Waals surface area contributed by atoms with Gasteiger partial charge in [-0.05, 0) is 53.6 Å². The number of carbonyl (C=O) groups excluding carboxylic acids is 1. The molecule has 0 N–H and O–H groups in total. The summed E-state index contributed by atoms with van der Waals surface area (Å²) in [6, 6.07) is 25.6. The Morgan fingerprint density at radius 2 is 1.72 bits per heavy atom. The van der Waals surface area contributed by atoms with Gasteiger partial charge < -0.3 is 9.64 Å². The van der Waals surface area contributed by atoms with E-state index in [2.05, 4.69) is 35.3 Å². The summed E-state index contributed by atoms with van der Waals surface area (Å²) >= 11 is 0. The second-order valence-corrected chi connectivity index (χ2v) is 6.71. The Balaban J connectivity index is 1.73. The van der Waals surface area contributed by atoms with Crippen LogP contribution in [-0.4, -0.2) is 17.5 Å². The van der Waals surface area contributed by atoms with Crippen molar-refractivity contribution >= 4 is 22.4 Å². The molecule has 4 rings (SSSR count). The number of ether oxygens (including phenoxy) is 1. The highest BCUT2D eigenvalue weighted by molar-refractivity contribution is 6.07. The van der Waals surface area contributed by atoms with Crippen LogP contribution in [0.2, 0.25) is 0 Å². The lowest BCUT2D eigenvalue weighted by molar-refractivity contribution is 0.0981. The number of benzene rings is 3. The summed E-state index contributed by atoms with van der Waals surface area (Å²) in [4.78, 5) is 19.5. The van der Waals surface area contributed by atoms with E-state index in [1.807, 2.05) is 49.4 Å². The van der Waals surface area contributed by atoms with Crippen molar-refractivity contribution in [3.8, 4) is 5.75 Å². The molecule has 4 aromatic rings. The SMILES string of the molecule is CCOc1ccccc1C(=O)N(Cc1ccc2ccccc2c1)c1cccnc1. The molecule has 1 heterocycles. The molecule has 0 fully saturated rings. The summed E-state index contributed by atoms with van der Waals surface area (Å²) in [6.07, 6.45) is 3.42. The molecule has 0 saturated heterocycles. The topological polar surface area (TPSA) is 42.4 Å². The molecule has 0 aliphatic heterocycles.